The number of rotatable bonds is 3. The fourth-order valence-electron chi connectivity index (χ4n) is 3.12. The fourth-order valence-corrected chi connectivity index (χ4v) is 3.28. The van der Waals surface area contributed by atoms with Gasteiger partial charge in [0.2, 0.25) is 5.91 Å². The molecule has 138 valence electrons. The van der Waals surface area contributed by atoms with Crippen LogP contribution in [0.4, 0.5) is 4.39 Å². The zero-order valence-electron chi connectivity index (χ0n) is 14.0. The second kappa shape index (κ2) is 8.34. The van der Waals surface area contributed by atoms with Crippen LogP contribution in [-0.4, -0.2) is 60.9 Å². The van der Waals surface area contributed by atoms with Gasteiger partial charge in [-0.05, 0) is 37.2 Å². The molecule has 5 nitrogen and oxygen atoms in total. The molecule has 0 aliphatic carbocycles. The van der Waals surface area contributed by atoms with E-state index in [1.54, 1.807) is 4.90 Å². The van der Waals surface area contributed by atoms with Gasteiger partial charge in [0.1, 0.15) is 5.82 Å². The molecule has 25 heavy (non-hydrogen) atoms. The van der Waals surface area contributed by atoms with Crippen LogP contribution in [-0.2, 0) is 4.79 Å². The first-order chi connectivity index (χ1) is 11.5. The van der Waals surface area contributed by atoms with Gasteiger partial charge in [0.15, 0.2) is 0 Å². The Bertz CT molecular complexity index is 647. The number of piperazine rings is 1. The molecule has 1 aromatic carbocycles. The van der Waals surface area contributed by atoms with Crippen LogP contribution in [0.15, 0.2) is 18.2 Å². The number of hydrogen-bond acceptors (Lipinski definition) is 3. The molecule has 1 N–H and O–H groups in total. The van der Waals surface area contributed by atoms with E-state index in [0.29, 0.717) is 32.1 Å². The van der Waals surface area contributed by atoms with E-state index in [1.807, 2.05) is 11.8 Å². The van der Waals surface area contributed by atoms with Gasteiger partial charge in [-0.3, -0.25) is 9.59 Å². The van der Waals surface area contributed by atoms with E-state index in [9.17, 15) is 14.0 Å². The van der Waals surface area contributed by atoms with Crippen molar-refractivity contribution < 1.29 is 14.0 Å². The van der Waals surface area contributed by atoms with Crippen LogP contribution in [0.2, 0.25) is 5.02 Å². The van der Waals surface area contributed by atoms with E-state index in [-0.39, 0.29) is 40.7 Å². The Morgan fingerprint density at radius 3 is 2.32 bits per heavy atom. The summed E-state index contributed by atoms with van der Waals surface area (Å²) in [6.07, 6.45) is 0. The van der Waals surface area contributed by atoms with Crippen LogP contribution in [0.5, 0.6) is 0 Å². The molecule has 2 saturated heterocycles. The maximum absolute atomic E-state index is 13.9. The minimum atomic E-state index is -0.614. The molecule has 1 aromatic rings. The number of hydrogen-bond donors (Lipinski definition) is 1. The van der Waals surface area contributed by atoms with Crippen molar-refractivity contribution in [2.75, 3.05) is 39.3 Å². The zero-order chi connectivity index (χ0) is 17.3. The quantitative estimate of drug-likeness (QED) is 0.860. The molecule has 0 radical (unpaired) electrons. The van der Waals surface area contributed by atoms with Crippen LogP contribution < -0.4 is 5.32 Å². The van der Waals surface area contributed by atoms with Crippen molar-refractivity contribution in [3.05, 3.63) is 34.6 Å². The minimum Gasteiger partial charge on any atom is -0.339 e. The van der Waals surface area contributed by atoms with Gasteiger partial charge in [-0.2, -0.15) is 0 Å². The van der Waals surface area contributed by atoms with E-state index in [0.717, 1.165) is 19.2 Å². The smallest absolute Gasteiger partial charge is 0.256 e. The molecule has 3 rings (SSSR count). The molecule has 1 unspecified atom stereocenters. The summed E-state index contributed by atoms with van der Waals surface area (Å²) in [6.45, 7) is 5.57. The summed E-state index contributed by atoms with van der Waals surface area (Å²) in [5.74, 6) is -0.418. The first-order valence-electron chi connectivity index (χ1n) is 8.21. The van der Waals surface area contributed by atoms with Crippen LogP contribution in [0.25, 0.3) is 0 Å². The molecule has 2 fully saturated rings. The molecular weight excluding hydrogens is 368 g/mol. The van der Waals surface area contributed by atoms with E-state index in [4.69, 9.17) is 11.6 Å². The average Bonchev–Trinajstić information content (AvgIpc) is 2.52. The highest BCUT2D eigenvalue weighted by atomic mass is 35.5. The number of amides is 2. The van der Waals surface area contributed by atoms with Gasteiger partial charge in [0, 0.05) is 37.1 Å². The first kappa shape index (κ1) is 19.9. The third-order valence-corrected chi connectivity index (χ3v) is 5.18. The number of nitrogens with one attached hydrogen (secondary N) is 1. The second-order valence-electron chi connectivity index (χ2n) is 6.45. The largest absolute Gasteiger partial charge is 0.339 e. The number of nitrogens with zero attached hydrogens (tertiary/aromatic N) is 2. The standard InChI is InChI=1S/C17H21ClFN3O2.ClH/c1-11(12-9-20-10-12)16(23)21-4-6-22(7-5-21)17(24)14-3-2-13(18)8-15(14)19;/h2-3,8,11-12,20H,4-7,9-10H2,1H3;1H. The lowest BCUT2D eigenvalue weighted by atomic mass is 9.88. The van der Waals surface area contributed by atoms with Gasteiger partial charge >= 0.3 is 0 Å². The Morgan fingerprint density at radius 1 is 1.20 bits per heavy atom. The Balaban J connectivity index is 0.00000225. The zero-order valence-corrected chi connectivity index (χ0v) is 15.6. The monoisotopic (exact) mass is 389 g/mol. The van der Waals surface area contributed by atoms with E-state index in [2.05, 4.69) is 5.32 Å². The average molecular weight is 390 g/mol. The van der Waals surface area contributed by atoms with Crippen molar-refractivity contribution in [1.82, 2.24) is 15.1 Å². The lowest BCUT2D eigenvalue weighted by molar-refractivity contribution is -0.138. The summed E-state index contributed by atoms with van der Waals surface area (Å²) < 4.78 is 13.9. The molecule has 0 bridgehead atoms. The highest BCUT2D eigenvalue weighted by Gasteiger charge is 2.33. The van der Waals surface area contributed by atoms with Crippen LogP contribution in [0, 0.1) is 17.7 Å². The highest BCUT2D eigenvalue weighted by molar-refractivity contribution is 6.30. The predicted octanol–water partition coefficient (Wildman–Crippen LogP) is 2.04. The summed E-state index contributed by atoms with van der Waals surface area (Å²) in [4.78, 5) is 28.3. The lowest BCUT2D eigenvalue weighted by Crippen LogP contribution is -2.55. The Labute approximate surface area is 157 Å². The van der Waals surface area contributed by atoms with Crippen molar-refractivity contribution in [3.8, 4) is 0 Å². The molecule has 1 atom stereocenters. The highest BCUT2D eigenvalue weighted by Crippen LogP contribution is 2.21. The molecular formula is C17H22Cl2FN3O2. The summed E-state index contributed by atoms with van der Waals surface area (Å²) in [5, 5.41) is 3.44. The van der Waals surface area contributed by atoms with Crippen LogP contribution in [0.1, 0.15) is 17.3 Å². The van der Waals surface area contributed by atoms with E-state index in [1.165, 1.54) is 12.1 Å². The van der Waals surface area contributed by atoms with Gasteiger partial charge in [0.25, 0.3) is 5.91 Å². The maximum atomic E-state index is 13.9. The number of carbonyl (C=O) groups is 2. The third-order valence-electron chi connectivity index (χ3n) is 4.95. The molecule has 0 saturated carbocycles. The lowest BCUT2D eigenvalue weighted by Gasteiger charge is -2.39. The van der Waals surface area contributed by atoms with Crippen molar-refractivity contribution in [2.45, 2.75) is 6.92 Å². The van der Waals surface area contributed by atoms with Gasteiger partial charge in [-0.25, -0.2) is 4.39 Å². The van der Waals surface area contributed by atoms with Gasteiger partial charge in [0.05, 0.1) is 5.56 Å². The molecule has 0 spiro atoms. The third kappa shape index (κ3) is 4.25. The van der Waals surface area contributed by atoms with E-state index < -0.39 is 5.82 Å². The van der Waals surface area contributed by atoms with Crippen molar-refractivity contribution in [2.24, 2.45) is 11.8 Å². The molecule has 2 aliphatic rings. The maximum Gasteiger partial charge on any atom is 0.256 e. The Kier molecular flexibility index (Phi) is 6.65. The van der Waals surface area contributed by atoms with Gasteiger partial charge in [-0.15, -0.1) is 12.4 Å². The minimum absolute atomic E-state index is 0. The number of carbonyl (C=O) groups excluding carboxylic acids is 2. The Hall–Kier alpha value is -1.37. The van der Waals surface area contributed by atoms with Gasteiger partial charge in [-0.1, -0.05) is 18.5 Å². The fraction of sp³-hybridized carbons (Fsp3) is 0.529. The summed E-state index contributed by atoms with van der Waals surface area (Å²) in [5.41, 5.74) is 0.0214. The summed E-state index contributed by atoms with van der Waals surface area (Å²) in [7, 11) is 0. The van der Waals surface area contributed by atoms with Crippen LogP contribution >= 0.6 is 24.0 Å². The second-order valence-corrected chi connectivity index (χ2v) is 6.89. The molecule has 8 heteroatoms. The van der Waals surface area contributed by atoms with Crippen molar-refractivity contribution in [3.63, 3.8) is 0 Å². The number of benzene rings is 1. The Morgan fingerprint density at radius 2 is 1.80 bits per heavy atom. The SMILES string of the molecule is CC(C(=O)N1CCN(C(=O)c2ccc(Cl)cc2F)CC1)C1CNC1.Cl. The van der Waals surface area contributed by atoms with Crippen LogP contribution in [0.3, 0.4) is 0 Å². The number of halogens is 3. The van der Waals surface area contributed by atoms with Crippen molar-refractivity contribution >= 4 is 35.8 Å². The molecule has 2 aliphatic heterocycles. The van der Waals surface area contributed by atoms with Gasteiger partial charge < -0.3 is 15.1 Å². The van der Waals surface area contributed by atoms with E-state index >= 15 is 0 Å². The predicted molar refractivity (Wildman–Crippen MR) is 96.7 cm³/mol. The normalized spacial score (nSPS) is 19.0. The summed E-state index contributed by atoms with van der Waals surface area (Å²) in [6, 6.07) is 4.05. The summed E-state index contributed by atoms with van der Waals surface area (Å²) >= 11 is 5.72. The van der Waals surface area contributed by atoms with Crippen molar-refractivity contribution in [1.29, 1.82) is 0 Å². The molecule has 2 heterocycles. The molecule has 0 aromatic heterocycles. The topological polar surface area (TPSA) is 52.7 Å². The first-order valence-corrected chi connectivity index (χ1v) is 8.59. The molecule has 2 amide bonds.